The van der Waals surface area contributed by atoms with Crippen LogP contribution >= 0.6 is 0 Å². The molecular formula is C26H33N5O2. The van der Waals surface area contributed by atoms with Crippen molar-refractivity contribution in [2.75, 3.05) is 26.7 Å². The molecule has 0 aliphatic carbocycles. The first kappa shape index (κ1) is 22.1. The summed E-state index contributed by atoms with van der Waals surface area (Å²) in [5, 5.41) is 3.61. The van der Waals surface area contributed by atoms with E-state index in [1.807, 2.05) is 27.0 Å². The van der Waals surface area contributed by atoms with Crippen LogP contribution in [0.2, 0.25) is 0 Å². The fourth-order valence-corrected chi connectivity index (χ4v) is 5.43. The summed E-state index contributed by atoms with van der Waals surface area (Å²) in [5.74, 6) is -0.0936. The van der Waals surface area contributed by atoms with Crippen LogP contribution in [0.5, 0.6) is 0 Å². The van der Waals surface area contributed by atoms with Crippen molar-refractivity contribution in [1.29, 1.82) is 0 Å². The summed E-state index contributed by atoms with van der Waals surface area (Å²) in [5.41, 5.74) is 4.56. The van der Waals surface area contributed by atoms with Crippen LogP contribution in [0.25, 0.3) is 0 Å². The molecule has 0 bridgehead atoms. The Morgan fingerprint density at radius 2 is 1.82 bits per heavy atom. The highest BCUT2D eigenvalue weighted by molar-refractivity contribution is 6.00. The first-order valence-electron chi connectivity index (χ1n) is 11.9. The van der Waals surface area contributed by atoms with Gasteiger partial charge in [-0.3, -0.25) is 24.8 Å². The Bertz CT molecular complexity index is 1040. The van der Waals surface area contributed by atoms with Crippen molar-refractivity contribution in [1.82, 2.24) is 24.9 Å². The first-order valence-corrected chi connectivity index (χ1v) is 11.9. The number of nitrogens with zero attached hydrogens (tertiary/aromatic N) is 4. The first-order chi connectivity index (χ1) is 15.9. The van der Waals surface area contributed by atoms with Crippen molar-refractivity contribution in [2.45, 2.75) is 51.7 Å². The summed E-state index contributed by atoms with van der Waals surface area (Å²) in [6.45, 7) is 7.13. The van der Waals surface area contributed by atoms with Crippen LogP contribution in [0.1, 0.15) is 28.7 Å². The van der Waals surface area contributed by atoms with Gasteiger partial charge in [-0.25, -0.2) is 4.79 Å². The Balaban J connectivity index is 1.35. The SMILES string of the molecule is Cc1ccc(C)c(CN2C(=O)C3C(NC4N(CCc5ccccc5)CCCN34)N(C)C2=O)c1. The maximum atomic E-state index is 13.7. The van der Waals surface area contributed by atoms with Gasteiger partial charge in [-0.15, -0.1) is 0 Å². The predicted octanol–water partition coefficient (Wildman–Crippen LogP) is 2.53. The van der Waals surface area contributed by atoms with Crippen molar-refractivity contribution in [3.63, 3.8) is 0 Å². The Hall–Kier alpha value is -2.74. The lowest BCUT2D eigenvalue weighted by Crippen LogP contribution is -2.66. The Morgan fingerprint density at radius 3 is 2.61 bits per heavy atom. The lowest BCUT2D eigenvalue weighted by atomic mass is 10.0. The minimum absolute atomic E-state index is 0.0303. The number of rotatable bonds is 5. The second kappa shape index (κ2) is 8.89. The van der Waals surface area contributed by atoms with E-state index in [2.05, 4.69) is 57.6 Å². The van der Waals surface area contributed by atoms with Crippen LogP contribution < -0.4 is 5.32 Å². The van der Waals surface area contributed by atoms with E-state index in [9.17, 15) is 9.59 Å². The van der Waals surface area contributed by atoms with E-state index < -0.39 is 0 Å². The fraction of sp³-hybridized carbons (Fsp3) is 0.462. The molecule has 3 unspecified atom stereocenters. The molecule has 0 aromatic heterocycles. The van der Waals surface area contributed by atoms with Crippen molar-refractivity contribution in [3.05, 3.63) is 70.8 Å². The molecule has 2 aromatic rings. The Morgan fingerprint density at radius 1 is 1.03 bits per heavy atom. The van der Waals surface area contributed by atoms with Crippen LogP contribution in [0.15, 0.2) is 48.5 Å². The number of amides is 3. The minimum atomic E-state index is -0.359. The van der Waals surface area contributed by atoms with Crippen molar-refractivity contribution < 1.29 is 9.59 Å². The highest BCUT2D eigenvalue weighted by Gasteiger charge is 2.55. The molecule has 3 saturated heterocycles. The number of carbonyl (C=O) groups excluding carboxylic acids is 2. The number of hydrogen-bond acceptors (Lipinski definition) is 5. The Labute approximate surface area is 195 Å². The zero-order valence-electron chi connectivity index (χ0n) is 19.7. The van der Waals surface area contributed by atoms with E-state index in [1.54, 1.807) is 4.90 Å². The normalized spacial score (nSPS) is 26.0. The molecule has 3 heterocycles. The van der Waals surface area contributed by atoms with Crippen LogP contribution in [0, 0.1) is 13.8 Å². The van der Waals surface area contributed by atoms with Gasteiger partial charge in [0.1, 0.15) is 18.5 Å². The monoisotopic (exact) mass is 447 g/mol. The molecule has 33 heavy (non-hydrogen) atoms. The average molecular weight is 448 g/mol. The molecule has 7 heteroatoms. The molecule has 0 saturated carbocycles. The highest BCUT2D eigenvalue weighted by atomic mass is 16.2. The topological polar surface area (TPSA) is 59.1 Å². The molecule has 3 aliphatic heterocycles. The van der Waals surface area contributed by atoms with Crippen LogP contribution in [-0.4, -0.2) is 76.7 Å². The van der Waals surface area contributed by atoms with Gasteiger partial charge in [0.05, 0.1) is 6.54 Å². The zero-order chi connectivity index (χ0) is 23.1. The van der Waals surface area contributed by atoms with Crippen LogP contribution in [0.4, 0.5) is 4.79 Å². The largest absolute Gasteiger partial charge is 0.328 e. The van der Waals surface area contributed by atoms with Gasteiger partial charge in [0.25, 0.3) is 5.91 Å². The number of hydrogen-bond donors (Lipinski definition) is 1. The molecular weight excluding hydrogens is 414 g/mol. The number of likely N-dealkylation sites (N-methyl/N-ethyl adjacent to an activating group) is 1. The molecule has 3 fully saturated rings. The van der Waals surface area contributed by atoms with Gasteiger partial charge < -0.3 is 4.90 Å². The number of urea groups is 1. The maximum Gasteiger partial charge on any atom is 0.328 e. The number of imide groups is 1. The highest BCUT2D eigenvalue weighted by Crippen LogP contribution is 2.31. The van der Waals surface area contributed by atoms with E-state index >= 15 is 0 Å². The zero-order valence-corrected chi connectivity index (χ0v) is 19.7. The van der Waals surface area contributed by atoms with Gasteiger partial charge in [0.2, 0.25) is 0 Å². The molecule has 0 spiro atoms. The van der Waals surface area contributed by atoms with Gasteiger partial charge in [-0.05, 0) is 43.4 Å². The third-order valence-corrected chi connectivity index (χ3v) is 7.33. The molecule has 3 atom stereocenters. The van der Waals surface area contributed by atoms with Crippen LogP contribution in [-0.2, 0) is 17.8 Å². The summed E-state index contributed by atoms with van der Waals surface area (Å²) >= 11 is 0. The molecule has 1 N–H and O–H groups in total. The van der Waals surface area contributed by atoms with Crippen molar-refractivity contribution in [3.8, 4) is 0 Å². The lowest BCUT2D eigenvalue weighted by Gasteiger charge is -2.43. The molecule has 3 amide bonds. The molecule has 5 rings (SSSR count). The number of nitrogens with one attached hydrogen (secondary N) is 1. The molecule has 3 aliphatic rings. The fourth-order valence-electron chi connectivity index (χ4n) is 5.43. The molecule has 7 nitrogen and oxygen atoms in total. The van der Waals surface area contributed by atoms with E-state index in [0.29, 0.717) is 6.54 Å². The lowest BCUT2D eigenvalue weighted by molar-refractivity contribution is -0.140. The van der Waals surface area contributed by atoms with Crippen molar-refractivity contribution in [2.24, 2.45) is 0 Å². The summed E-state index contributed by atoms with van der Waals surface area (Å²) in [7, 11) is 1.81. The number of carbonyl (C=O) groups is 2. The van der Waals surface area contributed by atoms with Gasteiger partial charge in [0, 0.05) is 26.7 Å². The molecule has 0 radical (unpaired) electrons. The quantitative estimate of drug-likeness (QED) is 0.763. The number of fused-ring (bicyclic) bond motifs is 3. The van der Waals surface area contributed by atoms with E-state index in [4.69, 9.17) is 0 Å². The van der Waals surface area contributed by atoms with Crippen LogP contribution in [0.3, 0.4) is 0 Å². The van der Waals surface area contributed by atoms with E-state index in [0.717, 1.165) is 49.2 Å². The Kier molecular flexibility index (Phi) is 5.95. The van der Waals surface area contributed by atoms with E-state index in [1.165, 1.54) is 10.5 Å². The second-order valence-electron chi connectivity index (χ2n) is 9.54. The van der Waals surface area contributed by atoms with Crippen molar-refractivity contribution >= 4 is 11.9 Å². The maximum absolute atomic E-state index is 13.7. The average Bonchev–Trinajstić information content (AvgIpc) is 3.22. The predicted molar refractivity (Wildman–Crippen MR) is 127 cm³/mol. The third kappa shape index (κ3) is 4.05. The second-order valence-corrected chi connectivity index (χ2v) is 9.54. The summed E-state index contributed by atoms with van der Waals surface area (Å²) in [6, 6.07) is 16.1. The summed E-state index contributed by atoms with van der Waals surface area (Å²) < 4.78 is 0. The number of benzene rings is 2. The molecule has 2 aromatic carbocycles. The molecule has 174 valence electrons. The summed E-state index contributed by atoms with van der Waals surface area (Å²) in [6.07, 6.45) is 1.64. The van der Waals surface area contributed by atoms with Gasteiger partial charge >= 0.3 is 6.03 Å². The minimum Gasteiger partial charge on any atom is -0.310 e. The number of aryl methyl sites for hydroxylation is 2. The van der Waals surface area contributed by atoms with Gasteiger partial charge in [-0.2, -0.15) is 0 Å². The smallest absolute Gasteiger partial charge is 0.310 e. The standard InChI is InChI=1S/C26H33N5O2/c1-18-10-11-19(2)21(16-18)17-31-24(32)22-23(28(3)26(31)33)27-25-29(13-7-14-30(22)25)15-12-20-8-5-4-6-9-20/h4-6,8-11,16,22-23,25,27H,7,12-15,17H2,1-3H3. The summed E-state index contributed by atoms with van der Waals surface area (Å²) in [4.78, 5) is 34.7. The van der Waals surface area contributed by atoms with Gasteiger partial charge in [-0.1, -0.05) is 54.1 Å². The van der Waals surface area contributed by atoms with Gasteiger partial charge in [0.15, 0.2) is 0 Å². The third-order valence-electron chi connectivity index (χ3n) is 7.33. The van der Waals surface area contributed by atoms with E-state index in [-0.39, 0.29) is 30.4 Å².